The van der Waals surface area contributed by atoms with Gasteiger partial charge in [-0.3, -0.25) is 5.32 Å². The summed E-state index contributed by atoms with van der Waals surface area (Å²) in [6.45, 7) is 1.00. The zero-order valence-electron chi connectivity index (χ0n) is 12.2. The van der Waals surface area contributed by atoms with Crippen molar-refractivity contribution in [3.05, 3.63) is 29.3 Å². The Hall–Kier alpha value is -2.00. The van der Waals surface area contributed by atoms with Crippen molar-refractivity contribution in [1.29, 1.82) is 0 Å². The Labute approximate surface area is 134 Å². The first-order chi connectivity index (χ1) is 10.7. The molecular weight excluding hydrogens is 341 g/mol. The molecule has 0 fully saturated rings. The average Bonchev–Trinajstić information content (AvgIpc) is 2.46. The Morgan fingerprint density at radius 2 is 1.78 bits per heavy atom. The summed E-state index contributed by atoms with van der Waals surface area (Å²) < 4.78 is 48.2. The van der Waals surface area contributed by atoms with Crippen LogP contribution >= 0.6 is 11.6 Å². The molecule has 1 rings (SSSR count). The number of methoxy groups -OCH3 is 1. The number of hydrogen-bond acceptors (Lipinski definition) is 4. The van der Waals surface area contributed by atoms with Gasteiger partial charge >= 0.3 is 23.9 Å². The van der Waals surface area contributed by atoms with E-state index in [1.165, 1.54) is 36.5 Å². The SMILES string of the molecule is CCOC(=O)[C@@](NC(=O)Nc1ccc(Cl)cc1)(OC)C(F)(F)F. The Bertz CT molecular complexity index is 565. The van der Waals surface area contributed by atoms with Crippen LogP contribution in [0.25, 0.3) is 0 Å². The monoisotopic (exact) mass is 354 g/mol. The molecule has 2 amide bonds. The molecule has 0 aliphatic rings. The summed E-state index contributed by atoms with van der Waals surface area (Å²) in [6.07, 6.45) is -5.23. The van der Waals surface area contributed by atoms with E-state index < -0.39 is 23.9 Å². The summed E-state index contributed by atoms with van der Waals surface area (Å²) in [5, 5.41) is 3.97. The molecule has 0 saturated heterocycles. The van der Waals surface area contributed by atoms with Crippen molar-refractivity contribution in [1.82, 2.24) is 5.32 Å². The molecule has 0 unspecified atom stereocenters. The highest BCUT2D eigenvalue weighted by atomic mass is 35.5. The highest BCUT2D eigenvalue weighted by molar-refractivity contribution is 6.30. The van der Waals surface area contributed by atoms with Gasteiger partial charge in [0.2, 0.25) is 0 Å². The molecule has 0 aliphatic heterocycles. The summed E-state index contributed by atoms with van der Waals surface area (Å²) in [4.78, 5) is 23.4. The van der Waals surface area contributed by atoms with Crippen molar-refractivity contribution in [3.8, 4) is 0 Å². The number of carbonyl (C=O) groups is 2. The number of nitrogens with one attached hydrogen (secondary N) is 2. The predicted molar refractivity (Wildman–Crippen MR) is 76.0 cm³/mol. The van der Waals surface area contributed by atoms with Gasteiger partial charge in [-0.2, -0.15) is 13.2 Å². The molecule has 2 N–H and O–H groups in total. The highest BCUT2D eigenvalue weighted by Gasteiger charge is 2.64. The third-order valence-electron chi connectivity index (χ3n) is 2.66. The fraction of sp³-hybridized carbons (Fsp3) is 0.385. The van der Waals surface area contributed by atoms with Crippen LogP contribution in [0.2, 0.25) is 5.02 Å². The second-order valence-corrected chi connectivity index (χ2v) is 4.63. The largest absolute Gasteiger partial charge is 0.462 e. The molecule has 1 atom stereocenters. The van der Waals surface area contributed by atoms with Crippen LogP contribution in [0.5, 0.6) is 0 Å². The molecular formula is C13H14ClF3N2O4. The minimum Gasteiger partial charge on any atom is -0.462 e. The molecule has 0 aliphatic carbocycles. The number of benzene rings is 1. The summed E-state index contributed by atoms with van der Waals surface area (Å²) in [5.41, 5.74) is -3.44. The standard InChI is InChI=1S/C13H14ClF3N2O4/c1-3-23-10(20)12(22-2,13(15,16)17)19-11(21)18-9-6-4-8(14)5-7-9/h4-7H,3H2,1-2H3,(H2,18,19,21)/t12-/m1/s1. The van der Waals surface area contributed by atoms with Crippen molar-refractivity contribution in [3.63, 3.8) is 0 Å². The molecule has 0 saturated carbocycles. The number of hydrogen-bond donors (Lipinski definition) is 2. The molecule has 1 aromatic rings. The van der Waals surface area contributed by atoms with Crippen LogP contribution in [-0.4, -0.2) is 37.6 Å². The Morgan fingerprint density at radius 3 is 2.22 bits per heavy atom. The van der Waals surface area contributed by atoms with E-state index in [1.54, 1.807) is 0 Å². The second kappa shape index (κ2) is 7.51. The van der Waals surface area contributed by atoms with Gasteiger partial charge in [0.25, 0.3) is 0 Å². The summed E-state index contributed by atoms with van der Waals surface area (Å²) in [6, 6.07) is 4.29. The average molecular weight is 355 g/mol. The van der Waals surface area contributed by atoms with E-state index >= 15 is 0 Å². The van der Waals surface area contributed by atoms with E-state index in [4.69, 9.17) is 11.6 Å². The van der Waals surface area contributed by atoms with Gasteiger partial charge in [0, 0.05) is 17.8 Å². The molecule has 0 aromatic heterocycles. The summed E-state index contributed by atoms with van der Waals surface area (Å²) in [5.74, 6) is -1.78. The lowest BCUT2D eigenvalue weighted by Crippen LogP contribution is -2.66. The number of halogens is 4. The first-order valence-corrected chi connectivity index (χ1v) is 6.68. The van der Waals surface area contributed by atoms with Gasteiger partial charge in [0.05, 0.1) is 6.61 Å². The van der Waals surface area contributed by atoms with Gasteiger partial charge in [0.1, 0.15) is 0 Å². The molecule has 128 valence electrons. The quantitative estimate of drug-likeness (QED) is 0.629. The van der Waals surface area contributed by atoms with Gasteiger partial charge < -0.3 is 14.8 Å². The van der Waals surface area contributed by atoms with Gasteiger partial charge in [-0.05, 0) is 31.2 Å². The fourth-order valence-electron chi connectivity index (χ4n) is 1.58. The third kappa shape index (κ3) is 4.49. The number of esters is 1. The lowest BCUT2D eigenvalue weighted by Gasteiger charge is -2.32. The van der Waals surface area contributed by atoms with Crippen LogP contribution in [0, 0.1) is 0 Å². The van der Waals surface area contributed by atoms with Gasteiger partial charge in [-0.1, -0.05) is 11.6 Å². The zero-order chi connectivity index (χ0) is 17.7. The maximum Gasteiger partial charge on any atom is 0.448 e. The Kier molecular flexibility index (Phi) is 6.22. The van der Waals surface area contributed by atoms with E-state index in [9.17, 15) is 22.8 Å². The van der Waals surface area contributed by atoms with Crippen LogP contribution in [0.4, 0.5) is 23.7 Å². The maximum atomic E-state index is 13.2. The number of carbonyl (C=O) groups excluding carboxylic acids is 2. The topological polar surface area (TPSA) is 76.7 Å². The van der Waals surface area contributed by atoms with Crippen molar-refractivity contribution in [2.75, 3.05) is 19.0 Å². The van der Waals surface area contributed by atoms with Crippen molar-refractivity contribution < 1.29 is 32.2 Å². The zero-order valence-corrected chi connectivity index (χ0v) is 12.9. The van der Waals surface area contributed by atoms with E-state index in [2.05, 4.69) is 14.8 Å². The van der Waals surface area contributed by atoms with E-state index in [1.807, 2.05) is 0 Å². The molecule has 1 aromatic carbocycles. The highest BCUT2D eigenvalue weighted by Crippen LogP contribution is 2.32. The van der Waals surface area contributed by atoms with Gasteiger partial charge in [-0.15, -0.1) is 0 Å². The normalized spacial score (nSPS) is 13.8. The van der Waals surface area contributed by atoms with E-state index in [0.717, 1.165) is 0 Å². The van der Waals surface area contributed by atoms with Crippen molar-refractivity contribution in [2.45, 2.75) is 18.8 Å². The molecule has 10 heteroatoms. The Morgan fingerprint density at radius 1 is 1.22 bits per heavy atom. The van der Waals surface area contributed by atoms with Crippen LogP contribution in [0.1, 0.15) is 6.92 Å². The fourth-order valence-corrected chi connectivity index (χ4v) is 1.70. The smallest absolute Gasteiger partial charge is 0.448 e. The third-order valence-corrected chi connectivity index (χ3v) is 2.91. The lowest BCUT2D eigenvalue weighted by molar-refractivity contribution is -0.276. The minimum atomic E-state index is -5.23. The number of amides is 2. The first kappa shape index (κ1) is 19.0. The second-order valence-electron chi connectivity index (χ2n) is 4.19. The summed E-state index contributed by atoms with van der Waals surface area (Å²) >= 11 is 5.66. The number of anilines is 1. The molecule has 0 heterocycles. The van der Waals surface area contributed by atoms with E-state index in [0.29, 0.717) is 12.1 Å². The molecule has 23 heavy (non-hydrogen) atoms. The van der Waals surface area contributed by atoms with Crippen LogP contribution < -0.4 is 10.6 Å². The van der Waals surface area contributed by atoms with E-state index in [-0.39, 0.29) is 12.3 Å². The number of alkyl halides is 3. The van der Waals surface area contributed by atoms with Gasteiger partial charge in [-0.25, -0.2) is 9.59 Å². The molecule has 0 bridgehead atoms. The molecule has 6 nitrogen and oxygen atoms in total. The Balaban J connectivity index is 2.98. The summed E-state index contributed by atoms with van der Waals surface area (Å²) in [7, 11) is 0.632. The molecule has 0 spiro atoms. The lowest BCUT2D eigenvalue weighted by atomic mass is 10.2. The van der Waals surface area contributed by atoms with Crippen molar-refractivity contribution >= 4 is 29.3 Å². The maximum absolute atomic E-state index is 13.2. The van der Waals surface area contributed by atoms with Gasteiger partial charge in [0.15, 0.2) is 0 Å². The van der Waals surface area contributed by atoms with Crippen LogP contribution in [-0.2, 0) is 14.3 Å². The predicted octanol–water partition coefficient (Wildman–Crippen LogP) is 2.93. The van der Waals surface area contributed by atoms with Crippen LogP contribution in [0.15, 0.2) is 24.3 Å². The number of urea groups is 1. The first-order valence-electron chi connectivity index (χ1n) is 6.30. The van der Waals surface area contributed by atoms with Crippen molar-refractivity contribution in [2.24, 2.45) is 0 Å². The van der Waals surface area contributed by atoms with Crippen LogP contribution in [0.3, 0.4) is 0 Å². The molecule has 0 radical (unpaired) electrons. The number of ether oxygens (including phenoxy) is 2. The number of rotatable bonds is 5. The minimum absolute atomic E-state index is 0.169.